The van der Waals surface area contributed by atoms with Crippen LogP contribution < -0.4 is 11.1 Å². The molecule has 0 aromatic rings. The Bertz CT molecular complexity index is 204. The Hall–Kier alpha value is -0.170. The molecule has 0 heterocycles. The van der Waals surface area contributed by atoms with Crippen molar-refractivity contribution in [3.8, 4) is 0 Å². The molecule has 0 radical (unpaired) electrons. The maximum atomic E-state index is 10.1. The van der Waals surface area contributed by atoms with Crippen molar-refractivity contribution < 1.29 is 24.3 Å². The second-order valence-corrected chi connectivity index (χ2v) is 4.65. The third-order valence-electron chi connectivity index (χ3n) is 0.594. The average Bonchev–Trinajstić information content (AvgIpc) is 1.80. The van der Waals surface area contributed by atoms with Gasteiger partial charge in [0.2, 0.25) is 0 Å². The van der Waals surface area contributed by atoms with Crippen molar-refractivity contribution in [1.82, 2.24) is 5.32 Å². The first-order valence-corrected chi connectivity index (χ1v) is 5.75. The van der Waals surface area contributed by atoms with Crippen LogP contribution in [0.2, 0.25) is 0 Å². The van der Waals surface area contributed by atoms with Crippen molar-refractivity contribution in [2.45, 2.75) is 12.4 Å². The largest absolute Gasteiger partial charge is 0.480 e. The van der Waals surface area contributed by atoms with Gasteiger partial charge < -0.3 is 20.6 Å². The molecule has 0 aliphatic rings. The van der Waals surface area contributed by atoms with E-state index in [1.165, 1.54) is 0 Å². The first kappa shape index (κ1) is 16.3. The molecule has 0 spiro atoms. The van der Waals surface area contributed by atoms with Crippen molar-refractivity contribution in [2.75, 3.05) is 12.8 Å². The van der Waals surface area contributed by atoms with E-state index in [-0.39, 0.29) is 5.50 Å². The van der Waals surface area contributed by atoms with Crippen LogP contribution in [-0.4, -0.2) is 39.2 Å². The molecule has 7 nitrogen and oxygen atoms in total. The van der Waals surface area contributed by atoms with Crippen molar-refractivity contribution in [2.24, 2.45) is 5.73 Å². The van der Waals surface area contributed by atoms with Gasteiger partial charge in [0.25, 0.3) is 0 Å². The van der Waals surface area contributed by atoms with Crippen LogP contribution in [0.4, 0.5) is 0 Å². The van der Waals surface area contributed by atoms with Gasteiger partial charge in [-0.1, -0.05) is 0 Å². The summed E-state index contributed by atoms with van der Waals surface area (Å²) >= 11 is 5.05. The van der Waals surface area contributed by atoms with Crippen LogP contribution in [0.1, 0.15) is 6.92 Å². The van der Waals surface area contributed by atoms with E-state index in [2.05, 4.69) is 5.32 Å². The minimum atomic E-state index is -4.10. The molecule has 0 aliphatic carbocycles. The Labute approximate surface area is 86.4 Å². The smallest absolute Gasteiger partial charge is 0.339 e. The van der Waals surface area contributed by atoms with E-state index in [0.29, 0.717) is 0 Å². The summed E-state index contributed by atoms with van der Waals surface area (Å²) in [5.41, 5.74) is 4.68. The minimum Gasteiger partial charge on any atom is -0.480 e. The lowest BCUT2D eigenvalue weighted by molar-refractivity contribution is -0.135. The maximum absolute atomic E-state index is 10.1. The van der Waals surface area contributed by atoms with Gasteiger partial charge in [-0.3, -0.25) is 14.7 Å². The highest BCUT2D eigenvalue weighted by atomic mass is 35.5. The van der Waals surface area contributed by atoms with Crippen LogP contribution >= 0.6 is 19.2 Å². The van der Waals surface area contributed by atoms with Crippen molar-refractivity contribution >= 4 is 25.2 Å². The van der Waals surface area contributed by atoms with Gasteiger partial charge in [-0.05, 0) is 6.92 Å². The zero-order chi connectivity index (χ0) is 11.8. The normalized spacial score (nSPS) is 12.6. The lowest BCUT2D eigenvalue weighted by Crippen LogP contribution is -2.23. The summed E-state index contributed by atoms with van der Waals surface area (Å²) < 4.78 is 10.1. The Morgan fingerprint density at radius 3 is 2.21 bits per heavy atom. The number of rotatable bonds is 4. The second kappa shape index (κ2) is 8.16. The van der Waals surface area contributed by atoms with Gasteiger partial charge in [-0.15, -0.1) is 11.6 Å². The minimum absolute atomic E-state index is 0.194. The monoisotopic (exact) mass is 248 g/mol. The molecule has 0 rings (SSSR count). The number of carboxylic acids is 1. The molecular weight excluding hydrogens is 234 g/mol. The Balaban J connectivity index is 0. The second-order valence-electron chi connectivity index (χ2n) is 2.32. The number of halogens is 1. The first-order valence-electron chi connectivity index (χ1n) is 3.52. The van der Waals surface area contributed by atoms with Gasteiger partial charge in [0.1, 0.15) is 0 Å². The van der Waals surface area contributed by atoms with Gasteiger partial charge >= 0.3 is 13.6 Å². The molecule has 1 unspecified atom stereocenters. The number of carboxylic acid groups (broad SMARTS) is 1. The topological polar surface area (TPSA) is 133 Å². The molecule has 14 heavy (non-hydrogen) atoms. The summed E-state index contributed by atoms with van der Waals surface area (Å²) in [7, 11) is -4.10. The van der Waals surface area contributed by atoms with Crippen LogP contribution in [0.5, 0.6) is 0 Å². The molecular formula is C5H14ClN2O5P. The molecule has 0 saturated carbocycles. The van der Waals surface area contributed by atoms with Crippen LogP contribution in [0, 0.1) is 0 Å². The van der Waals surface area contributed by atoms with Gasteiger partial charge in [-0.25, -0.2) is 0 Å². The first-order chi connectivity index (χ1) is 6.15. The molecule has 86 valence electrons. The number of carbonyl (C=O) groups is 1. The van der Waals surface area contributed by atoms with E-state index < -0.39 is 26.4 Å². The number of aliphatic carboxylic acids is 1. The van der Waals surface area contributed by atoms with E-state index in [9.17, 15) is 9.36 Å². The highest BCUT2D eigenvalue weighted by Crippen LogP contribution is 2.31. The molecule has 6 N–H and O–H groups in total. The van der Waals surface area contributed by atoms with Crippen molar-refractivity contribution in [3.63, 3.8) is 0 Å². The fourth-order valence-electron chi connectivity index (χ4n) is 0.308. The summed E-state index contributed by atoms with van der Waals surface area (Å²) in [4.78, 5) is 26.1. The highest BCUT2D eigenvalue weighted by Gasteiger charge is 2.11. The van der Waals surface area contributed by atoms with E-state index in [1.807, 2.05) is 0 Å². The molecule has 0 bridgehead atoms. The van der Waals surface area contributed by atoms with Gasteiger partial charge in [-0.2, -0.15) is 0 Å². The van der Waals surface area contributed by atoms with Gasteiger partial charge in [0.05, 0.1) is 18.3 Å². The van der Waals surface area contributed by atoms with E-state index >= 15 is 0 Å². The quantitative estimate of drug-likeness (QED) is 0.253. The lowest BCUT2D eigenvalue weighted by atomic mass is 10.7. The Morgan fingerprint density at radius 1 is 1.64 bits per heavy atom. The standard InChI is InChI=1S/C3H8NO5P.C2H6ClN/c5-3(6)1-4-2-10(7,8)9;1-2(3)4/h4H,1-2H2,(H,5,6)(H2,7,8,9);2H,4H2,1H3. The fraction of sp³-hybridized carbons (Fsp3) is 0.800. The number of hydrogen-bond donors (Lipinski definition) is 5. The summed E-state index contributed by atoms with van der Waals surface area (Å²) in [6.07, 6.45) is -0.598. The number of nitrogens with two attached hydrogens (primary N) is 1. The van der Waals surface area contributed by atoms with Crippen LogP contribution in [-0.2, 0) is 9.36 Å². The van der Waals surface area contributed by atoms with Crippen LogP contribution in [0.25, 0.3) is 0 Å². The van der Waals surface area contributed by atoms with E-state index in [0.717, 1.165) is 0 Å². The predicted octanol–water partition coefficient (Wildman–Crippen LogP) is -0.674. The van der Waals surface area contributed by atoms with Crippen LogP contribution in [0.3, 0.4) is 0 Å². The number of hydrogen-bond acceptors (Lipinski definition) is 4. The Morgan fingerprint density at radius 2 is 2.00 bits per heavy atom. The van der Waals surface area contributed by atoms with E-state index in [1.54, 1.807) is 6.92 Å². The highest BCUT2D eigenvalue weighted by molar-refractivity contribution is 7.51. The van der Waals surface area contributed by atoms with E-state index in [4.69, 9.17) is 32.2 Å². The molecule has 0 saturated heterocycles. The summed E-state index contributed by atoms with van der Waals surface area (Å²) in [5, 5.41) is 10.1. The Kier molecular flexibility index (Phi) is 9.49. The zero-order valence-corrected chi connectivity index (χ0v) is 9.20. The lowest BCUT2D eigenvalue weighted by Gasteiger charge is -2.02. The fourth-order valence-corrected chi connectivity index (χ4v) is 0.712. The molecule has 0 aromatic carbocycles. The molecule has 0 aliphatic heterocycles. The molecule has 0 amide bonds. The third kappa shape index (κ3) is 29.7. The summed E-state index contributed by atoms with van der Waals surface area (Å²) in [6.45, 7) is 1.27. The average molecular weight is 249 g/mol. The predicted molar refractivity (Wildman–Crippen MR) is 52.1 cm³/mol. The zero-order valence-electron chi connectivity index (χ0n) is 7.55. The third-order valence-corrected chi connectivity index (χ3v) is 1.23. The summed E-state index contributed by atoms with van der Waals surface area (Å²) in [6, 6.07) is 0. The molecule has 0 aromatic heterocycles. The number of alkyl halides is 1. The van der Waals surface area contributed by atoms with Crippen molar-refractivity contribution in [1.29, 1.82) is 0 Å². The molecule has 9 heteroatoms. The van der Waals surface area contributed by atoms with Crippen molar-refractivity contribution in [3.05, 3.63) is 0 Å². The van der Waals surface area contributed by atoms with Crippen LogP contribution in [0.15, 0.2) is 0 Å². The van der Waals surface area contributed by atoms with Gasteiger partial charge in [0.15, 0.2) is 0 Å². The maximum Gasteiger partial charge on any atom is 0.339 e. The summed E-state index contributed by atoms with van der Waals surface area (Å²) in [5.74, 6) is -1.14. The van der Waals surface area contributed by atoms with Gasteiger partial charge in [0, 0.05) is 0 Å². The number of nitrogens with one attached hydrogen (secondary N) is 1. The molecule has 1 atom stereocenters. The molecule has 0 fully saturated rings. The SMILES string of the molecule is CC(N)Cl.O=C(O)CNCP(=O)(O)O.